The van der Waals surface area contributed by atoms with Crippen LogP contribution in [0, 0.1) is 5.92 Å². The Labute approximate surface area is 87.4 Å². The first-order valence-electron chi connectivity index (χ1n) is 4.47. The van der Waals surface area contributed by atoms with Crippen LogP contribution in [0.15, 0.2) is 0 Å². The van der Waals surface area contributed by atoms with Crippen molar-refractivity contribution >= 4 is 31.9 Å². The smallest absolute Gasteiger partial charge is 0.00596 e. The lowest BCUT2D eigenvalue weighted by atomic mass is 10.00. The summed E-state index contributed by atoms with van der Waals surface area (Å²) in [5.74, 6) is 0.916. The number of halogens is 2. The van der Waals surface area contributed by atoms with Gasteiger partial charge >= 0.3 is 0 Å². The molecule has 0 rings (SSSR count). The Hall–Kier alpha value is 0.960. The maximum absolute atomic E-state index is 3.56. The van der Waals surface area contributed by atoms with Crippen molar-refractivity contribution in [2.75, 3.05) is 10.7 Å². The Bertz CT molecular complexity index is 74.0. The first-order valence-corrected chi connectivity index (χ1v) is 6.71. The van der Waals surface area contributed by atoms with E-state index in [4.69, 9.17) is 0 Å². The summed E-state index contributed by atoms with van der Waals surface area (Å²) in [7, 11) is 0. The van der Waals surface area contributed by atoms with Crippen LogP contribution in [0.4, 0.5) is 0 Å². The van der Waals surface area contributed by atoms with E-state index in [1.165, 1.54) is 37.4 Å². The Kier molecular flexibility index (Phi) is 9.84. The third-order valence-corrected chi connectivity index (χ3v) is 3.39. The maximum Gasteiger partial charge on any atom is 0.00596 e. The molecule has 2 heteroatoms. The molecule has 0 spiro atoms. The van der Waals surface area contributed by atoms with Crippen LogP contribution in [0.25, 0.3) is 0 Å². The van der Waals surface area contributed by atoms with Gasteiger partial charge in [0.15, 0.2) is 0 Å². The molecule has 0 aliphatic carbocycles. The molecule has 0 bridgehead atoms. The van der Waals surface area contributed by atoms with Crippen LogP contribution in [0.5, 0.6) is 0 Å². The summed E-state index contributed by atoms with van der Waals surface area (Å²) in [6.07, 6.45) is 6.80. The van der Waals surface area contributed by atoms with E-state index in [-0.39, 0.29) is 0 Å². The molecule has 0 heterocycles. The minimum atomic E-state index is 0.916. The van der Waals surface area contributed by atoms with Gasteiger partial charge in [-0.2, -0.15) is 0 Å². The van der Waals surface area contributed by atoms with Gasteiger partial charge in [-0.3, -0.25) is 0 Å². The predicted octanol–water partition coefficient (Wildman–Crippen LogP) is 4.36. The van der Waals surface area contributed by atoms with Gasteiger partial charge in [-0.25, -0.2) is 0 Å². The van der Waals surface area contributed by atoms with Crippen LogP contribution in [-0.2, 0) is 0 Å². The molecule has 1 unspecified atom stereocenters. The van der Waals surface area contributed by atoms with Gasteiger partial charge in [0.2, 0.25) is 0 Å². The van der Waals surface area contributed by atoms with Gasteiger partial charge in [-0.15, -0.1) is 0 Å². The van der Waals surface area contributed by atoms with Crippen molar-refractivity contribution in [3.8, 4) is 0 Å². The Morgan fingerprint density at radius 2 is 1.82 bits per heavy atom. The van der Waals surface area contributed by atoms with Gasteiger partial charge in [0.25, 0.3) is 0 Å². The molecule has 0 radical (unpaired) electrons. The zero-order valence-corrected chi connectivity index (χ0v) is 10.5. The third-order valence-electron chi connectivity index (χ3n) is 1.91. The maximum atomic E-state index is 3.56. The van der Waals surface area contributed by atoms with Crippen molar-refractivity contribution in [2.45, 2.75) is 39.0 Å². The molecule has 0 aromatic rings. The van der Waals surface area contributed by atoms with E-state index in [1.54, 1.807) is 0 Å². The molecule has 0 aliphatic rings. The van der Waals surface area contributed by atoms with Gasteiger partial charge in [-0.05, 0) is 25.2 Å². The highest BCUT2D eigenvalue weighted by Gasteiger charge is 2.04. The van der Waals surface area contributed by atoms with E-state index in [2.05, 4.69) is 38.8 Å². The summed E-state index contributed by atoms with van der Waals surface area (Å²) in [5, 5.41) is 2.34. The fourth-order valence-electron chi connectivity index (χ4n) is 1.23. The molecule has 0 nitrogen and oxygen atoms in total. The summed E-state index contributed by atoms with van der Waals surface area (Å²) < 4.78 is 0. The average Bonchev–Trinajstić information content (AvgIpc) is 2.03. The van der Waals surface area contributed by atoms with Crippen molar-refractivity contribution in [2.24, 2.45) is 5.92 Å². The Balaban J connectivity index is 3.20. The standard InChI is InChI=1S/C9H18Br2/c1-2-5-9(8-11)6-3-4-7-10/h9H,2-8H2,1H3. The molecule has 0 N–H and O–H groups in total. The average molecular weight is 286 g/mol. The zero-order chi connectivity index (χ0) is 8.53. The van der Waals surface area contributed by atoms with E-state index in [0.29, 0.717) is 0 Å². The summed E-state index contributed by atoms with van der Waals surface area (Å²) in [6, 6.07) is 0. The first kappa shape index (κ1) is 12.0. The van der Waals surface area contributed by atoms with Gasteiger partial charge in [-0.1, -0.05) is 51.6 Å². The van der Waals surface area contributed by atoms with Crippen molar-refractivity contribution in [1.82, 2.24) is 0 Å². The van der Waals surface area contributed by atoms with Crippen LogP contribution in [0.1, 0.15) is 39.0 Å². The van der Waals surface area contributed by atoms with Crippen LogP contribution in [0.2, 0.25) is 0 Å². The van der Waals surface area contributed by atoms with Crippen LogP contribution < -0.4 is 0 Å². The highest BCUT2D eigenvalue weighted by atomic mass is 79.9. The molecule has 1 atom stereocenters. The molecule has 68 valence electrons. The number of alkyl halides is 2. The van der Waals surface area contributed by atoms with E-state index >= 15 is 0 Å². The molecule has 0 fully saturated rings. The lowest BCUT2D eigenvalue weighted by Gasteiger charge is -2.11. The van der Waals surface area contributed by atoms with Crippen molar-refractivity contribution in [3.05, 3.63) is 0 Å². The quantitative estimate of drug-likeness (QED) is 0.482. The van der Waals surface area contributed by atoms with E-state index < -0.39 is 0 Å². The van der Waals surface area contributed by atoms with Gasteiger partial charge in [0.1, 0.15) is 0 Å². The molecule has 0 saturated carbocycles. The van der Waals surface area contributed by atoms with E-state index in [9.17, 15) is 0 Å². The van der Waals surface area contributed by atoms with Gasteiger partial charge in [0.05, 0.1) is 0 Å². The van der Waals surface area contributed by atoms with E-state index in [1.807, 2.05) is 0 Å². The molecule has 0 amide bonds. The summed E-state index contributed by atoms with van der Waals surface area (Å²) in [5.41, 5.74) is 0. The number of rotatable bonds is 7. The SMILES string of the molecule is CCCC(CBr)CCCCBr. The second-order valence-electron chi connectivity index (χ2n) is 2.99. The second-order valence-corrected chi connectivity index (χ2v) is 4.43. The molecule has 0 saturated heterocycles. The molecule has 0 aliphatic heterocycles. The summed E-state index contributed by atoms with van der Waals surface area (Å²) >= 11 is 7.01. The fraction of sp³-hybridized carbons (Fsp3) is 1.00. The highest BCUT2D eigenvalue weighted by molar-refractivity contribution is 9.09. The van der Waals surface area contributed by atoms with E-state index in [0.717, 1.165) is 11.2 Å². The predicted molar refractivity (Wildman–Crippen MR) is 59.8 cm³/mol. The van der Waals surface area contributed by atoms with Crippen molar-refractivity contribution in [1.29, 1.82) is 0 Å². The van der Waals surface area contributed by atoms with Crippen LogP contribution in [0.3, 0.4) is 0 Å². The topological polar surface area (TPSA) is 0 Å². The molecular formula is C9H18Br2. The highest BCUT2D eigenvalue weighted by Crippen LogP contribution is 2.17. The fourth-order valence-corrected chi connectivity index (χ4v) is 2.28. The molecule has 11 heavy (non-hydrogen) atoms. The number of hydrogen-bond acceptors (Lipinski definition) is 0. The Morgan fingerprint density at radius 1 is 1.09 bits per heavy atom. The molecular weight excluding hydrogens is 268 g/mol. The largest absolute Gasteiger partial charge is 0.0928 e. The van der Waals surface area contributed by atoms with Crippen LogP contribution >= 0.6 is 31.9 Å². The van der Waals surface area contributed by atoms with Gasteiger partial charge < -0.3 is 0 Å². The summed E-state index contributed by atoms with van der Waals surface area (Å²) in [6.45, 7) is 2.26. The summed E-state index contributed by atoms with van der Waals surface area (Å²) in [4.78, 5) is 0. The van der Waals surface area contributed by atoms with Crippen molar-refractivity contribution in [3.63, 3.8) is 0 Å². The van der Waals surface area contributed by atoms with Crippen molar-refractivity contribution < 1.29 is 0 Å². The number of unbranched alkanes of at least 4 members (excludes halogenated alkanes) is 1. The molecule has 0 aromatic carbocycles. The zero-order valence-electron chi connectivity index (χ0n) is 7.28. The van der Waals surface area contributed by atoms with Crippen LogP contribution in [-0.4, -0.2) is 10.7 Å². The lowest BCUT2D eigenvalue weighted by Crippen LogP contribution is -2.01. The third kappa shape index (κ3) is 7.32. The first-order chi connectivity index (χ1) is 5.35. The minimum absolute atomic E-state index is 0.916. The monoisotopic (exact) mass is 284 g/mol. The normalized spacial score (nSPS) is 13.4. The minimum Gasteiger partial charge on any atom is -0.0928 e. The second kappa shape index (κ2) is 9.05. The number of hydrogen-bond donors (Lipinski definition) is 0. The van der Waals surface area contributed by atoms with Gasteiger partial charge in [0, 0.05) is 10.7 Å². The Morgan fingerprint density at radius 3 is 2.27 bits per heavy atom. The lowest BCUT2D eigenvalue weighted by molar-refractivity contribution is 0.477. The molecule has 0 aromatic heterocycles.